The number of fused-ring (bicyclic) bond motifs is 1. The Morgan fingerprint density at radius 1 is 1.05 bits per heavy atom. The highest BCUT2D eigenvalue weighted by Gasteiger charge is 2.16. The number of benzene rings is 2. The molecule has 0 aliphatic heterocycles. The highest BCUT2D eigenvalue weighted by atomic mass is 79.9. The van der Waals surface area contributed by atoms with Crippen LogP contribution in [0, 0.1) is 0 Å². The van der Waals surface area contributed by atoms with Gasteiger partial charge in [-0.3, -0.25) is 0 Å². The van der Waals surface area contributed by atoms with Gasteiger partial charge in [-0.25, -0.2) is 0 Å². The average Bonchev–Trinajstić information content (AvgIpc) is 2.97. The molecule has 3 rings (SSSR count). The summed E-state index contributed by atoms with van der Waals surface area (Å²) in [5.41, 5.74) is 1.21. The van der Waals surface area contributed by atoms with Gasteiger partial charge in [0.15, 0.2) is 0 Å². The van der Waals surface area contributed by atoms with Crippen LogP contribution in [0.15, 0.2) is 57.4 Å². The van der Waals surface area contributed by atoms with Crippen LogP contribution in [0.3, 0.4) is 0 Å². The third-order valence-electron chi connectivity index (χ3n) is 3.76. The first-order valence-corrected chi connectivity index (χ1v) is 7.95. The third kappa shape index (κ3) is 2.89. The lowest BCUT2D eigenvalue weighted by Crippen LogP contribution is -2.16. The molecule has 3 heteroatoms. The van der Waals surface area contributed by atoms with E-state index in [1.807, 2.05) is 7.05 Å². The molecule has 3 aromatic rings. The van der Waals surface area contributed by atoms with Crippen LogP contribution < -0.4 is 5.32 Å². The van der Waals surface area contributed by atoms with Gasteiger partial charge in [-0.2, -0.15) is 0 Å². The van der Waals surface area contributed by atoms with Crippen molar-refractivity contribution in [3.8, 4) is 0 Å². The van der Waals surface area contributed by atoms with E-state index < -0.39 is 0 Å². The van der Waals surface area contributed by atoms with Crippen molar-refractivity contribution in [2.24, 2.45) is 0 Å². The van der Waals surface area contributed by atoms with Crippen molar-refractivity contribution in [3.63, 3.8) is 0 Å². The summed E-state index contributed by atoms with van der Waals surface area (Å²) in [6.07, 6.45) is 0.919. The fraction of sp³-hybridized carbons (Fsp3) is 0.222. The van der Waals surface area contributed by atoms with Crippen LogP contribution in [0.5, 0.6) is 0 Å². The number of hydrogen-bond donors (Lipinski definition) is 1. The lowest BCUT2D eigenvalue weighted by Gasteiger charge is -2.15. The van der Waals surface area contributed by atoms with Crippen molar-refractivity contribution >= 4 is 26.7 Å². The summed E-state index contributed by atoms with van der Waals surface area (Å²) >= 11 is 3.51. The van der Waals surface area contributed by atoms with Crippen molar-refractivity contribution < 1.29 is 4.42 Å². The summed E-state index contributed by atoms with van der Waals surface area (Å²) in [4.78, 5) is 0. The molecule has 21 heavy (non-hydrogen) atoms. The Balaban J connectivity index is 2.02. The fourth-order valence-electron chi connectivity index (χ4n) is 2.63. The van der Waals surface area contributed by atoms with E-state index in [2.05, 4.69) is 76.7 Å². The molecule has 0 radical (unpaired) electrons. The smallest absolute Gasteiger partial charge is 0.125 e. The largest absolute Gasteiger partial charge is 0.464 e. The third-order valence-corrected chi connectivity index (χ3v) is 4.26. The van der Waals surface area contributed by atoms with E-state index in [4.69, 9.17) is 4.42 Å². The lowest BCUT2D eigenvalue weighted by atomic mass is 10.0. The number of halogens is 1. The molecule has 0 bridgehead atoms. The quantitative estimate of drug-likeness (QED) is 0.715. The van der Waals surface area contributed by atoms with E-state index in [1.165, 1.54) is 16.3 Å². The average molecular weight is 344 g/mol. The van der Waals surface area contributed by atoms with Crippen LogP contribution in [-0.4, -0.2) is 7.05 Å². The molecule has 1 aromatic heterocycles. The van der Waals surface area contributed by atoms with E-state index in [0.29, 0.717) is 0 Å². The second-order valence-electron chi connectivity index (χ2n) is 5.13. The summed E-state index contributed by atoms with van der Waals surface area (Å²) in [5, 5.41) is 5.81. The zero-order valence-corrected chi connectivity index (χ0v) is 13.8. The number of rotatable bonds is 4. The molecule has 0 amide bonds. The van der Waals surface area contributed by atoms with Gasteiger partial charge in [0.25, 0.3) is 0 Å². The van der Waals surface area contributed by atoms with Gasteiger partial charge >= 0.3 is 0 Å². The Labute approximate surface area is 133 Å². The second-order valence-corrected chi connectivity index (χ2v) is 6.05. The Morgan fingerprint density at radius 2 is 1.81 bits per heavy atom. The first-order chi connectivity index (χ1) is 10.2. The molecule has 2 aromatic carbocycles. The summed E-state index contributed by atoms with van der Waals surface area (Å²) in [6, 6.07) is 17.1. The maximum Gasteiger partial charge on any atom is 0.125 e. The van der Waals surface area contributed by atoms with Crippen molar-refractivity contribution in [1.29, 1.82) is 0 Å². The van der Waals surface area contributed by atoms with Crippen LogP contribution in [0.1, 0.15) is 30.0 Å². The first-order valence-electron chi connectivity index (χ1n) is 7.16. The van der Waals surface area contributed by atoms with Crippen molar-refractivity contribution in [2.75, 3.05) is 7.05 Å². The monoisotopic (exact) mass is 343 g/mol. The summed E-state index contributed by atoms with van der Waals surface area (Å²) in [7, 11) is 1.96. The molecule has 0 aliphatic rings. The molecule has 2 nitrogen and oxygen atoms in total. The van der Waals surface area contributed by atoms with Crippen LogP contribution in [0.2, 0.25) is 0 Å². The normalized spacial score (nSPS) is 12.7. The molecular formula is C18H18BrNO. The van der Waals surface area contributed by atoms with Crippen molar-refractivity contribution in [1.82, 2.24) is 5.32 Å². The van der Waals surface area contributed by atoms with E-state index in [9.17, 15) is 0 Å². The van der Waals surface area contributed by atoms with Gasteiger partial charge in [-0.15, -0.1) is 0 Å². The summed E-state index contributed by atoms with van der Waals surface area (Å²) < 4.78 is 7.00. The molecule has 1 heterocycles. The number of hydrogen-bond acceptors (Lipinski definition) is 2. The zero-order valence-electron chi connectivity index (χ0n) is 12.2. The highest BCUT2D eigenvalue weighted by Crippen LogP contribution is 2.28. The zero-order chi connectivity index (χ0) is 14.8. The topological polar surface area (TPSA) is 25.2 Å². The summed E-state index contributed by atoms with van der Waals surface area (Å²) in [6.45, 7) is 2.10. The molecule has 0 saturated carbocycles. The van der Waals surface area contributed by atoms with Gasteiger partial charge in [-0.05, 0) is 53.7 Å². The van der Waals surface area contributed by atoms with Gasteiger partial charge in [-0.1, -0.05) is 41.1 Å². The minimum absolute atomic E-state index is 0.0818. The van der Waals surface area contributed by atoms with Crippen LogP contribution >= 0.6 is 15.9 Å². The Hall–Kier alpha value is -1.58. The van der Waals surface area contributed by atoms with E-state index in [-0.39, 0.29) is 6.04 Å². The molecule has 0 spiro atoms. The standard InChI is InChI=1S/C18H18BrNO/c1-3-16-8-9-17(21-16)18(20-2)14-5-4-13-11-15(19)7-6-12(13)10-14/h4-11,18,20H,3H2,1-2H3. The van der Waals surface area contributed by atoms with Crippen LogP contribution in [-0.2, 0) is 6.42 Å². The molecule has 1 atom stereocenters. The number of nitrogens with one attached hydrogen (secondary N) is 1. The molecule has 0 saturated heterocycles. The van der Waals surface area contributed by atoms with Crippen molar-refractivity contribution in [2.45, 2.75) is 19.4 Å². The van der Waals surface area contributed by atoms with Crippen LogP contribution in [0.4, 0.5) is 0 Å². The second kappa shape index (κ2) is 6.04. The minimum Gasteiger partial charge on any atom is -0.464 e. The SMILES string of the molecule is CCc1ccc(C(NC)c2ccc3cc(Br)ccc3c2)o1. The predicted octanol–water partition coefficient (Wildman–Crippen LogP) is 5.07. The lowest BCUT2D eigenvalue weighted by molar-refractivity contribution is 0.434. The molecule has 108 valence electrons. The molecule has 0 aliphatic carbocycles. The maximum absolute atomic E-state index is 5.90. The van der Waals surface area contributed by atoms with Gasteiger partial charge < -0.3 is 9.73 Å². The fourth-order valence-corrected chi connectivity index (χ4v) is 3.01. The van der Waals surface area contributed by atoms with Gasteiger partial charge in [0.1, 0.15) is 11.5 Å². The molecule has 1 N–H and O–H groups in total. The van der Waals surface area contributed by atoms with E-state index >= 15 is 0 Å². The maximum atomic E-state index is 5.90. The molecule has 0 fully saturated rings. The minimum atomic E-state index is 0.0818. The van der Waals surface area contributed by atoms with Gasteiger partial charge in [0, 0.05) is 10.9 Å². The Bertz CT molecular complexity index is 763. The molecular weight excluding hydrogens is 326 g/mol. The van der Waals surface area contributed by atoms with E-state index in [1.54, 1.807) is 0 Å². The predicted molar refractivity (Wildman–Crippen MR) is 90.6 cm³/mol. The Morgan fingerprint density at radius 3 is 2.52 bits per heavy atom. The van der Waals surface area contributed by atoms with Crippen molar-refractivity contribution in [3.05, 3.63) is 70.1 Å². The number of furan rings is 1. The van der Waals surface area contributed by atoms with Gasteiger partial charge in [0.2, 0.25) is 0 Å². The highest BCUT2D eigenvalue weighted by molar-refractivity contribution is 9.10. The molecule has 1 unspecified atom stereocenters. The first kappa shape index (κ1) is 14.4. The van der Waals surface area contributed by atoms with Crippen LogP contribution in [0.25, 0.3) is 10.8 Å². The number of aryl methyl sites for hydroxylation is 1. The Kier molecular flexibility index (Phi) is 4.13. The summed E-state index contributed by atoms with van der Waals surface area (Å²) in [5.74, 6) is 1.99. The van der Waals surface area contributed by atoms with Gasteiger partial charge in [0.05, 0.1) is 6.04 Å². The van der Waals surface area contributed by atoms with E-state index in [0.717, 1.165) is 22.4 Å².